The number of para-hydroxylation sites is 2. The average molecular weight is 469 g/mol. The molecule has 0 atom stereocenters. The Bertz CT molecular complexity index is 1310. The molecular weight excluding hydrogens is 440 g/mol. The fraction of sp³-hybridized carbons (Fsp3) is 0.250. The van der Waals surface area contributed by atoms with Gasteiger partial charge < -0.3 is 19.5 Å². The van der Waals surface area contributed by atoms with Gasteiger partial charge >= 0.3 is 0 Å². The molecule has 0 radical (unpaired) electrons. The van der Waals surface area contributed by atoms with Crippen molar-refractivity contribution < 1.29 is 14.3 Å². The first-order valence-electron chi connectivity index (χ1n) is 11.9. The van der Waals surface area contributed by atoms with E-state index in [-0.39, 0.29) is 24.8 Å². The first-order valence-corrected chi connectivity index (χ1v) is 11.9. The van der Waals surface area contributed by atoms with Crippen molar-refractivity contribution in [2.24, 2.45) is 0 Å². The van der Waals surface area contributed by atoms with Crippen molar-refractivity contribution in [1.82, 2.24) is 14.5 Å². The number of nitrogens with one attached hydrogen (secondary N) is 1. The molecule has 5 rings (SSSR count). The smallest absolute Gasteiger partial charge is 0.244 e. The number of benzene rings is 3. The second kappa shape index (κ2) is 10.4. The Labute approximate surface area is 204 Å². The van der Waals surface area contributed by atoms with Gasteiger partial charge in [0, 0.05) is 18.8 Å². The lowest BCUT2D eigenvalue weighted by Crippen LogP contribution is -2.30. The van der Waals surface area contributed by atoms with Gasteiger partial charge in [0.05, 0.1) is 17.5 Å². The van der Waals surface area contributed by atoms with Crippen LogP contribution in [-0.2, 0) is 29.2 Å². The third-order valence-corrected chi connectivity index (χ3v) is 6.19. The Morgan fingerprint density at radius 1 is 0.886 bits per heavy atom. The molecule has 2 heterocycles. The van der Waals surface area contributed by atoms with Gasteiger partial charge in [-0.15, -0.1) is 0 Å². The molecule has 1 fully saturated rings. The zero-order valence-corrected chi connectivity index (χ0v) is 19.5. The molecule has 4 aromatic rings. The monoisotopic (exact) mass is 468 g/mol. The zero-order chi connectivity index (χ0) is 24.0. The summed E-state index contributed by atoms with van der Waals surface area (Å²) in [6.45, 7) is 2.16. The molecule has 1 aliphatic rings. The van der Waals surface area contributed by atoms with E-state index in [1.807, 2.05) is 88.3 Å². The first-order chi connectivity index (χ1) is 17.2. The lowest BCUT2D eigenvalue weighted by molar-refractivity contribution is -0.129. The largest absolute Gasteiger partial charge is 0.489 e. The summed E-state index contributed by atoms with van der Waals surface area (Å²) in [5.41, 5.74) is 3.40. The molecule has 1 aromatic heterocycles. The second-order valence-corrected chi connectivity index (χ2v) is 8.71. The minimum absolute atomic E-state index is 0.0607. The van der Waals surface area contributed by atoms with E-state index < -0.39 is 0 Å². The molecule has 1 aliphatic heterocycles. The van der Waals surface area contributed by atoms with Gasteiger partial charge in [0.25, 0.3) is 0 Å². The summed E-state index contributed by atoms with van der Waals surface area (Å²) in [7, 11) is 0. The SMILES string of the molecule is O=C(Cn1c(CC(=O)N2CCCC2)nc2ccccc21)Nc1ccc(OCc2ccccc2)cc1. The number of ether oxygens (including phenoxy) is 1. The van der Waals surface area contributed by atoms with Gasteiger partial charge in [0.2, 0.25) is 11.8 Å². The van der Waals surface area contributed by atoms with E-state index in [0.29, 0.717) is 18.1 Å². The molecule has 7 nitrogen and oxygen atoms in total. The lowest BCUT2D eigenvalue weighted by Gasteiger charge is -2.16. The minimum Gasteiger partial charge on any atom is -0.489 e. The molecule has 0 bridgehead atoms. The molecule has 3 aromatic carbocycles. The number of imidazole rings is 1. The fourth-order valence-electron chi connectivity index (χ4n) is 4.37. The Kier molecular flexibility index (Phi) is 6.75. The van der Waals surface area contributed by atoms with Crippen LogP contribution in [-0.4, -0.2) is 39.4 Å². The van der Waals surface area contributed by atoms with Crippen LogP contribution in [0, 0.1) is 0 Å². The number of hydrogen-bond donors (Lipinski definition) is 1. The highest BCUT2D eigenvalue weighted by Crippen LogP contribution is 2.20. The quantitative estimate of drug-likeness (QED) is 0.415. The Balaban J connectivity index is 1.25. The number of hydrogen-bond acceptors (Lipinski definition) is 4. The van der Waals surface area contributed by atoms with E-state index in [4.69, 9.17) is 4.74 Å². The van der Waals surface area contributed by atoms with E-state index >= 15 is 0 Å². The molecule has 0 saturated carbocycles. The van der Waals surface area contributed by atoms with Crippen LogP contribution in [0.1, 0.15) is 24.2 Å². The average Bonchev–Trinajstić information content (AvgIpc) is 3.53. The summed E-state index contributed by atoms with van der Waals surface area (Å²) in [5, 5.41) is 2.94. The normalized spacial score (nSPS) is 13.2. The van der Waals surface area contributed by atoms with Crippen LogP contribution in [0.4, 0.5) is 5.69 Å². The Morgan fingerprint density at radius 2 is 1.60 bits per heavy atom. The van der Waals surface area contributed by atoms with Gasteiger partial charge in [-0.1, -0.05) is 42.5 Å². The third-order valence-electron chi connectivity index (χ3n) is 6.19. The topological polar surface area (TPSA) is 76.5 Å². The Hall–Kier alpha value is -4.13. The van der Waals surface area contributed by atoms with Crippen LogP contribution in [0.5, 0.6) is 5.75 Å². The van der Waals surface area contributed by atoms with Crippen molar-refractivity contribution in [1.29, 1.82) is 0 Å². The second-order valence-electron chi connectivity index (χ2n) is 8.71. The predicted molar refractivity (Wildman–Crippen MR) is 135 cm³/mol. The number of nitrogens with zero attached hydrogens (tertiary/aromatic N) is 3. The number of carbonyl (C=O) groups is 2. The highest BCUT2D eigenvalue weighted by molar-refractivity contribution is 5.92. The molecule has 178 valence electrons. The number of anilines is 1. The van der Waals surface area contributed by atoms with Gasteiger partial charge in [-0.05, 0) is 54.8 Å². The van der Waals surface area contributed by atoms with Crippen molar-refractivity contribution >= 4 is 28.5 Å². The minimum atomic E-state index is -0.180. The highest BCUT2D eigenvalue weighted by atomic mass is 16.5. The number of fused-ring (bicyclic) bond motifs is 1. The van der Waals surface area contributed by atoms with E-state index in [9.17, 15) is 9.59 Å². The molecule has 2 amide bonds. The van der Waals surface area contributed by atoms with Crippen molar-refractivity contribution in [3.8, 4) is 5.75 Å². The van der Waals surface area contributed by atoms with Crippen molar-refractivity contribution in [3.05, 3.63) is 90.3 Å². The summed E-state index contributed by atoms with van der Waals surface area (Å²) in [5.74, 6) is 1.23. The molecule has 1 N–H and O–H groups in total. The van der Waals surface area contributed by atoms with Gasteiger partial charge in [-0.25, -0.2) is 4.98 Å². The standard InChI is InChI=1S/C28H28N4O3/c33-27(29-22-12-14-23(15-13-22)35-20-21-8-2-1-3-9-21)19-32-25-11-5-4-10-24(25)30-26(32)18-28(34)31-16-6-7-17-31/h1-5,8-15H,6-7,16-20H2,(H,29,33). The number of likely N-dealkylation sites (tertiary alicyclic amines) is 1. The molecular formula is C28H28N4O3. The maximum absolute atomic E-state index is 12.9. The van der Waals surface area contributed by atoms with Crippen LogP contribution in [0.2, 0.25) is 0 Å². The van der Waals surface area contributed by atoms with Crippen molar-refractivity contribution in [2.75, 3.05) is 18.4 Å². The predicted octanol–water partition coefficient (Wildman–Crippen LogP) is 4.42. The number of carbonyl (C=O) groups excluding carboxylic acids is 2. The van der Waals surface area contributed by atoms with E-state index in [1.165, 1.54) is 0 Å². The summed E-state index contributed by atoms with van der Waals surface area (Å²) >= 11 is 0. The summed E-state index contributed by atoms with van der Waals surface area (Å²) < 4.78 is 7.66. The maximum atomic E-state index is 12.9. The zero-order valence-electron chi connectivity index (χ0n) is 19.5. The maximum Gasteiger partial charge on any atom is 0.244 e. The molecule has 0 aliphatic carbocycles. The fourth-order valence-corrected chi connectivity index (χ4v) is 4.37. The molecule has 35 heavy (non-hydrogen) atoms. The number of aromatic nitrogens is 2. The molecule has 7 heteroatoms. The molecule has 0 unspecified atom stereocenters. The van der Waals surface area contributed by atoms with Crippen LogP contribution in [0.3, 0.4) is 0 Å². The van der Waals surface area contributed by atoms with Crippen LogP contribution in [0.15, 0.2) is 78.9 Å². The summed E-state index contributed by atoms with van der Waals surface area (Å²) in [6, 6.07) is 24.9. The highest BCUT2D eigenvalue weighted by Gasteiger charge is 2.22. The van der Waals surface area contributed by atoms with Crippen molar-refractivity contribution in [2.45, 2.75) is 32.4 Å². The van der Waals surface area contributed by atoms with Gasteiger partial charge in [0.15, 0.2) is 0 Å². The summed E-state index contributed by atoms with van der Waals surface area (Å²) in [6.07, 6.45) is 2.27. The number of amides is 2. The lowest BCUT2D eigenvalue weighted by atomic mass is 10.2. The number of rotatable bonds is 8. The van der Waals surface area contributed by atoms with E-state index in [1.54, 1.807) is 0 Å². The van der Waals surface area contributed by atoms with Crippen molar-refractivity contribution in [3.63, 3.8) is 0 Å². The van der Waals surface area contributed by atoms with Gasteiger partial charge in [0.1, 0.15) is 24.7 Å². The first kappa shape index (κ1) is 22.7. The summed E-state index contributed by atoms with van der Waals surface area (Å²) in [4.78, 5) is 32.2. The third kappa shape index (κ3) is 5.51. The molecule has 1 saturated heterocycles. The van der Waals surface area contributed by atoms with Crippen LogP contribution >= 0.6 is 0 Å². The van der Waals surface area contributed by atoms with Gasteiger partial charge in [-0.2, -0.15) is 0 Å². The van der Waals surface area contributed by atoms with E-state index in [2.05, 4.69) is 10.3 Å². The Morgan fingerprint density at radius 3 is 2.37 bits per heavy atom. The van der Waals surface area contributed by atoms with Gasteiger partial charge in [-0.3, -0.25) is 9.59 Å². The van der Waals surface area contributed by atoms with Crippen LogP contribution < -0.4 is 10.1 Å². The van der Waals surface area contributed by atoms with E-state index in [0.717, 1.165) is 48.3 Å². The molecule has 0 spiro atoms. The van der Waals surface area contributed by atoms with Crippen LogP contribution in [0.25, 0.3) is 11.0 Å².